The van der Waals surface area contributed by atoms with Crippen LogP contribution < -0.4 is 0 Å². The number of aromatic nitrogens is 2. The summed E-state index contributed by atoms with van der Waals surface area (Å²) in [7, 11) is 0. The van der Waals surface area contributed by atoms with Gasteiger partial charge in [-0.25, -0.2) is 4.98 Å². The average Bonchev–Trinajstić information content (AvgIpc) is 2.84. The minimum absolute atomic E-state index is 0.390. The summed E-state index contributed by atoms with van der Waals surface area (Å²) in [6.45, 7) is 7.60. The highest BCUT2D eigenvalue weighted by atomic mass is 15.1. The molecule has 0 aliphatic carbocycles. The van der Waals surface area contributed by atoms with Crippen LogP contribution in [0.25, 0.3) is 11.0 Å². The summed E-state index contributed by atoms with van der Waals surface area (Å²) in [5, 5.41) is 9.05. The molecule has 0 N–H and O–H groups in total. The molecule has 0 radical (unpaired) electrons. The lowest BCUT2D eigenvalue weighted by Crippen LogP contribution is -2.03. The molecule has 0 unspecified atom stereocenters. The van der Waals surface area contributed by atoms with E-state index < -0.39 is 0 Å². The topological polar surface area (TPSA) is 41.6 Å². The number of hydrogen-bond donors (Lipinski definition) is 0. The maximum Gasteiger partial charge on any atom is 0.124 e. The molecule has 118 valence electrons. The Kier molecular flexibility index (Phi) is 6.00. The van der Waals surface area contributed by atoms with Crippen molar-refractivity contribution < 1.29 is 0 Å². The van der Waals surface area contributed by atoms with E-state index >= 15 is 0 Å². The molecule has 2 rings (SSSR count). The van der Waals surface area contributed by atoms with Crippen molar-refractivity contribution in [2.24, 2.45) is 0 Å². The van der Waals surface area contributed by atoms with E-state index in [2.05, 4.69) is 49.6 Å². The minimum atomic E-state index is 0.390. The van der Waals surface area contributed by atoms with Gasteiger partial charge in [0.15, 0.2) is 0 Å². The molecular formula is C19H27N3. The van der Waals surface area contributed by atoms with E-state index in [0.29, 0.717) is 12.3 Å². The van der Waals surface area contributed by atoms with Gasteiger partial charge in [-0.1, -0.05) is 52.5 Å². The molecule has 3 heteroatoms. The smallest absolute Gasteiger partial charge is 0.124 e. The molecule has 0 bridgehead atoms. The van der Waals surface area contributed by atoms with Crippen molar-refractivity contribution in [3.63, 3.8) is 0 Å². The lowest BCUT2D eigenvalue weighted by Gasteiger charge is -2.08. The van der Waals surface area contributed by atoms with Crippen LogP contribution in [0.15, 0.2) is 18.2 Å². The first-order chi connectivity index (χ1) is 10.7. The first kappa shape index (κ1) is 16.5. The van der Waals surface area contributed by atoms with Gasteiger partial charge in [0.2, 0.25) is 0 Å². The zero-order valence-corrected chi connectivity index (χ0v) is 14.1. The fourth-order valence-corrected chi connectivity index (χ4v) is 2.88. The molecule has 1 heterocycles. The van der Waals surface area contributed by atoms with Crippen LogP contribution in [0.3, 0.4) is 0 Å². The number of fused-ring (bicyclic) bond motifs is 1. The fraction of sp³-hybridized carbons (Fsp3) is 0.579. The molecule has 0 saturated carbocycles. The van der Waals surface area contributed by atoms with E-state index in [1.54, 1.807) is 0 Å². The molecule has 0 aliphatic heterocycles. The van der Waals surface area contributed by atoms with Crippen LogP contribution in [-0.4, -0.2) is 9.55 Å². The first-order valence-electron chi connectivity index (χ1n) is 8.53. The van der Waals surface area contributed by atoms with Crippen LogP contribution >= 0.6 is 0 Å². The van der Waals surface area contributed by atoms with Crippen LogP contribution in [0, 0.1) is 11.3 Å². The van der Waals surface area contributed by atoms with Gasteiger partial charge in [-0.05, 0) is 30.0 Å². The van der Waals surface area contributed by atoms with Gasteiger partial charge in [0.25, 0.3) is 0 Å². The highest BCUT2D eigenvalue weighted by Gasteiger charge is 2.11. The molecule has 0 atom stereocenters. The maximum absolute atomic E-state index is 9.05. The van der Waals surface area contributed by atoms with Gasteiger partial charge in [-0.3, -0.25) is 0 Å². The van der Waals surface area contributed by atoms with Gasteiger partial charge in [-0.2, -0.15) is 5.26 Å². The maximum atomic E-state index is 9.05. The van der Waals surface area contributed by atoms with Gasteiger partial charge in [-0.15, -0.1) is 0 Å². The van der Waals surface area contributed by atoms with Crippen LogP contribution in [0.5, 0.6) is 0 Å². The van der Waals surface area contributed by atoms with Crippen molar-refractivity contribution in [1.82, 2.24) is 9.55 Å². The number of hydrogen-bond acceptors (Lipinski definition) is 2. The largest absolute Gasteiger partial charge is 0.327 e. The van der Waals surface area contributed by atoms with Crippen molar-refractivity contribution in [3.8, 4) is 6.07 Å². The Bertz CT molecular complexity index is 646. The van der Waals surface area contributed by atoms with Crippen LogP contribution in [0.2, 0.25) is 0 Å². The second-order valence-corrected chi connectivity index (χ2v) is 6.33. The average molecular weight is 297 g/mol. The highest BCUT2D eigenvalue weighted by Crippen LogP contribution is 2.23. The number of nitrogens with zero attached hydrogens (tertiary/aromatic N) is 3. The summed E-state index contributed by atoms with van der Waals surface area (Å²) in [5.41, 5.74) is 3.51. The quantitative estimate of drug-likeness (QED) is 0.629. The molecule has 22 heavy (non-hydrogen) atoms. The van der Waals surface area contributed by atoms with Crippen molar-refractivity contribution in [1.29, 1.82) is 5.26 Å². The summed E-state index contributed by atoms with van der Waals surface area (Å²) in [6, 6.07) is 8.79. The molecule has 1 aromatic carbocycles. The first-order valence-corrected chi connectivity index (χ1v) is 8.53. The Morgan fingerprint density at radius 1 is 1.18 bits per heavy atom. The van der Waals surface area contributed by atoms with Crippen molar-refractivity contribution in [3.05, 3.63) is 29.6 Å². The Hall–Kier alpha value is -1.82. The van der Waals surface area contributed by atoms with E-state index in [9.17, 15) is 0 Å². The SMILES string of the molecule is CCCCCCCn1c(CC#N)nc2cc(C(C)C)ccc21. The highest BCUT2D eigenvalue weighted by molar-refractivity contribution is 5.77. The zero-order chi connectivity index (χ0) is 15.9. The molecule has 3 nitrogen and oxygen atoms in total. The second-order valence-electron chi connectivity index (χ2n) is 6.33. The molecule has 0 aliphatic rings. The van der Waals surface area contributed by atoms with E-state index in [0.717, 1.165) is 24.3 Å². The zero-order valence-electron chi connectivity index (χ0n) is 14.1. The number of benzene rings is 1. The van der Waals surface area contributed by atoms with Crippen LogP contribution in [-0.2, 0) is 13.0 Å². The van der Waals surface area contributed by atoms with Gasteiger partial charge in [0.1, 0.15) is 5.82 Å². The van der Waals surface area contributed by atoms with Gasteiger partial charge in [0, 0.05) is 6.54 Å². The second kappa shape index (κ2) is 7.98. The standard InChI is InChI=1S/C19H27N3/c1-4-5-6-7-8-13-22-18-10-9-16(15(2)3)14-17(18)21-19(22)11-12-20/h9-10,14-15H,4-8,11,13H2,1-3H3. The summed E-state index contributed by atoms with van der Waals surface area (Å²) in [5.74, 6) is 1.41. The fourth-order valence-electron chi connectivity index (χ4n) is 2.88. The van der Waals surface area contributed by atoms with Gasteiger partial charge in [0.05, 0.1) is 23.5 Å². The lowest BCUT2D eigenvalue weighted by molar-refractivity contribution is 0.566. The Morgan fingerprint density at radius 3 is 2.64 bits per heavy atom. The molecule has 0 saturated heterocycles. The number of aryl methyl sites for hydroxylation is 1. The Labute approximate surface area is 134 Å². The minimum Gasteiger partial charge on any atom is -0.327 e. The van der Waals surface area contributed by atoms with Crippen LogP contribution in [0.4, 0.5) is 0 Å². The van der Waals surface area contributed by atoms with E-state index in [-0.39, 0.29) is 0 Å². The number of imidazole rings is 1. The Balaban J connectivity index is 2.22. The molecule has 0 spiro atoms. The molecule has 2 aromatic rings. The molecule has 1 aromatic heterocycles. The van der Waals surface area contributed by atoms with Crippen molar-refractivity contribution >= 4 is 11.0 Å². The summed E-state index contributed by atoms with van der Waals surface area (Å²) in [4.78, 5) is 4.70. The predicted molar refractivity (Wildman–Crippen MR) is 91.9 cm³/mol. The molecule has 0 amide bonds. The normalized spacial score (nSPS) is 11.2. The lowest BCUT2D eigenvalue weighted by atomic mass is 10.0. The van der Waals surface area contributed by atoms with Crippen molar-refractivity contribution in [2.75, 3.05) is 0 Å². The molecule has 0 fully saturated rings. The van der Waals surface area contributed by atoms with Crippen molar-refractivity contribution in [2.45, 2.75) is 71.8 Å². The third-order valence-electron chi connectivity index (χ3n) is 4.24. The predicted octanol–water partition coefficient (Wildman–Crippen LogP) is 5.20. The van der Waals surface area contributed by atoms with Crippen LogP contribution in [0.1, 0.15) is 70.2 Å². The summed E-state index contributed by atoms with van der Waals surface area (Å²) in [6.07, 6.45) is 6.69. The number of unbranched alkanes of at least 4 members (excludes halogenated alkanes) is 4. The molecular weight excluding hydrogens is 270 g/mol. The monoisotopic (exact) mass is 297 g/mol. The number of rotatable bonds is 8. The summed E-state index contributed by atoms with van der Waals surface area (Å²) >= 11 is 0. The third-order valence-corrected chi connectivity index (χ3v) is 4.24. The van der Waals surface area contributed by atoms with E-state index in [1.807, 2.05) is 0 Å². The Morgan fingerprint density at radius 2 is 1.95 bits per heavy atom. The summed E-state index contributed by atoms with van der Waals surface area (Å²) < 4.78 is 2.24. The third kappa shape index (κ3) is 3.88. The number of nitriles is 1. The van der Waals surface area contributed by atoms with Gasteiger partial charge < -0.3 is 4.57 Å². The van der Waals surface area contributed by atoms with E-state index in [1.165, 1.54) is 36.8 Å². The van der Waals surface area contributed by atoms with E-state index in [4.69, 9.17) is 10.2 Å². The van der Waals surface area contributed by atoms with Gasteiger partial charge >= 0.3 is 0 Å².